The lowest BCUT2D eigenvalue weighted by atomic mass is 9.84. The first-order valence-corrected chi connectivity index (χ1v) is 13.0. The Labute approximate surface area is 237 Å². The van der Waals surface area contributed by atoms with E-state index in [1.807, 2.05) is 24.3 Å². The van der Waals surface area contributed by atoms with Crippen molar-refractivity contribution in [2.75, 3.05) is 14.2 Å². The Bertz CT molecular complexity index is 1930. The summed E-state index contributed by atoms with van der Waals surface area (Å²) in [6.07, 6.45) is 1.66. The third-order valence-electron chi connectivity index (χ3n) is 7.17. The highest BCUT2D eigenvalue weighted by Gasteiger charge is 2.38. The van der Waals surface area contributed by atoms with E-state index in [0.29, 0.717) is 22.3 Å². The van der Waals surface area contributed by atoms with Crippen molar-refractivity contribution in [2.24, 2.45) is 0 Å². The Kier molecular flexibility index (Phi) is 6.67. The summed E-state index contributed by atoms with van der Waals surface area (Å²) in [6.45, 7) is 0. The van der Waals surface area contributed by atoms with E-state index < -0.39 is 29.0 Å². The van der Waals surface area contributed by atoms with Crippen molar-refractivity contribution < 1.29 is 19.1 Å². The van der Waals surface area contributed by atoms with E-state index in [9.17, 15) is 19.2 Å². The molecule has 210 valence electrons. The fourth-order valence-corrected chi connectivity index (χ4v) is 5.26. The number of methoxy groups -OCH3 is 2. The molecule has 42 heavy (non-hydrogen) atoms. The zero-order chi connectivity index (χ0) is 29.4. The third-order valence-corrected chi connectivity index (χ3v) is 7.17. The van der Waals surface area contributed by atoms with E-state index in [1.54, 1.807) is 66.9 Å². The van der Waals surface area contributed by atoms with Crippen LogP contribution < -0.4 is 11.1 Å². The molecule has 0 bridgehead atoms. The normalized spacial score (nSPS) is 11.2. The minimum Gasteiger partial charge on any atom is -0.464 e. The highest BCUT2D eigenvalue weighted by atomic mass is 16.5. The molecule has 11 heteroatoms. The van der Waals surface area contributed by atoms with E-state index in [2.05, 4.69) is 15.2 Å². The molecule has 0 fully saturated rings. The molecule has 0 unspecified atom stereocenters. The molecule has 0 saturated carbocycles. The fraction of sp³-hybridized carbons (Fsp3) is 0.0968. The molecular weight excluding hydrogens is 538 g/mol. The zero-order valence-electron chi connectivity index (χ0n) is 22.6. The minimum atomic E-state index is -1.20. The molecule has 3 heterocycles. The summed E-state index contributed by atoms with van der Waals surface area (Å²) in [4.78, 5) is 58.1. The van der Waals surface area contributed by atoms with Crippen LogP contribution in [0.4, 0.5) is 0 Å². The van der Waals surface area contributed by atoms with Crippen molar-refractivity contribution in [2.45, 2.75) is 5.92 Å². The number of nitrogens with zero attached hydrogens (tertiary/aromatic N) is 2. The number of aromatic nitrogens is 5. The molecule has 3 aromatic carbocycles. The molecule has 0 aliphatic heterocycles. The van der Waals surface area contributed by atoms with Gasteiger partial charge in [0.15, 0.2) is 11.4 Å². The number of hydrogen-bond donors (Lipinski definition) is 3. The Morgan fingerprint density at radius 2 is 1.12 bits per heavy atom. The first-order valence-electron chi connectivity index (χ1n) is 13.0. The summed E-state index contributed by atoms with van der Waals surface area (Å²) in [7, 11) is 2.40. The van der Waals surface area contributed by atoms with Crippen LogP contribution in [0.2, 0.25) is 0 Å². The number of carbonyl (C=O) groups excluding carboxylic acids is 2. The van der Waals surface area contributed by atoms with Crippen LogP contribution in [-0.2, 0) is 9.47 Å². The van der Waals surface area contributed by atoms with Crippen LogP contribution in [0.25, 0.3) is 22.3 Å². The van der Waals surface area contributed by atoms with Crippen molar-refractivity contribution in [3.8, 4) is 11.4 Å². The highest BCUT2D eigenvalue weighted by molar-refractivity contribution is 5.93. The van der Waals surface area contributed by atoms with Crippen LogP contribution >= 0.6 is 0 Å². The molecular formula is C31H25N5O6. The second-order valence-electron chi connectivity index (χ2n) is 9.46. The largest absolute Gasteiger partial charge is 0.464 e. The lowest BCUT2D eigenvalue weighted by Crippen LogP contribution is -2.26. The first kappa shape index (κ1) is 26.4. The maximum Gasteiger partial charge on any atom is 0.356 e. The Morgan fingerprint density at radius 3 is 1.60 bits per heavy atom. The Morgan fingerprint density at radius 1 is 0.667 bits per heavy atom. The molecule has 0 aliphatic carbocycles. The Hall–Kier alpha value is -5.84. The average molecular weight is 564 g/mol. The molecule has 6 rings (SSSR count). The van der Waals surface area contributed by atoms with Gasteiger partial charge in [-0.1, -0.05) is 54.6 Å². The van der Waals surface area contributed by atoms with Crippen LogP contribution in [0.1, 0.15) is 43.6 Å². The van der Waals surface area contributed by atoms with Gasteiger partial charge >= 0.3 is 11.9 Å². The smallest absolute Gasteiger partial charge is 0.356 e. The summed E-state index contributed by atoms with van der Waals surface area (Å²) in [5.74, 6) is -2.84. The predicted octanol–water partition coefficient (Wildman–Crippen LogP) is 3.88. The van der Waals surface area contributed by atoms with Crippen molar-refractivity contribution in [3.05, 3.63) is 140 Å². The monoisotopic (exact) mass is 563 g/mol. The van der Waals surface area contributed by atoms with Crippen molar-refractivity contribution in [1.29, 1.82) is 0 Å². The van der Waals surface area contributed by atoms with Crippen molar-refractivity contribution >= 4 is 22.8 Å². The van der Waals surface area contributed by atoms with E-state index in [4.69, 9.17) is 9.47 Å². The molecule has 0 amide bonds. The summed E-state index contributed by atoms with van der Waals surface area (Å²) in [5.41, 5.74) is 0.478. The number of carbonyl (C=O) groups is 2. The van der Waals surface area contributed by atoms with E-state index >= 15 is 0 Å². The molecule has 6 aromatic rings. The molecule has 0 spiro atoms. The molecule has 0 aliphatic rings. The second kappa shape index (κ2) is 10.6. The zero-order valence-corrected chi connectivity index (χ0v) is 22.6. The molecule has 3 N–H and O–H groups in total. The molecule has 0 atom stereocenters. The number of para-hydroxylation sites is 3. The molecule has 0 radical (unpaired) electrons. The summed E-state index contributed by atoms with van der Waals surface area (Å²) in [5, 5.41) is 6.45. The number of ether oxygens (including phenoxy) is 2. The highest BCUT2D eigenvalue weighted by Crippen LogP contribution is 2.37. The van der Waals surface area contributed by atoms with E-state index in [1.165, 1.54) is 23.6 Å². The van der Waals surface area contributed by atoms with Crippen LogP contribution in [0, 0.1) is 0 Å². The van der Waals surface area contributed by atoms with Gasteiger partial charge in [0.2, 0.25) is 0 Å². The van der Waals surface area contributed by atoms with Gasteiger partial charge in [0.1, 0.15) is 0 Å². The maximum absolute atomic E-state index is 14.3. The van der Waals surface area contributed by atoms with Crippen LogP contribution in [0.3, 0.4) is 0 Å². The van der Waals surface area contributed by atoms with E-state index in [-0.39, 0.29) is 22.5 Å². The molecule has 3 aromatic heterocycles. The topological polar surface area (TPSA) is 144 Å². The minimum absolute atomic E-state index is 0.0723. The lowest BCUT2D eigenvalue weighted by Gasteiger charge is -2.15. The van der Waals surface area contributed by atoms with Crippen LogP contribution in [-0.4, -0.2) is 50.7 Å². The van der Waals surface area contributed by atoms with Gasteiger partial charge in [-0.25, -0.2) is 19.0 Å². The fourth-order valence-electron chi connectivity index (χ4n) is 5.26. The number of H-pyrrole nitrogens is 3. The summed E-state index contributed by atoms with van der Waals surface area (Å²) in [6, 6.07) is 24.7. The quantitative estimate of drug-likeness (QED) is 0.252. The number of rotatable bonds is 7. The van der Waals surface area contributed by atoms with Gasteiger partial charge in [0, 0.05) is 17.1 Å². The van der Waals surface area contributed by atoms with Crippen molar-refractivity contribution in [3.63, 3.8) is 0 Å². The summed E-state index contributed by atoms with van der Waals surface area (Å²) < 4.78 is 12.5. The Balaban J connectivity index is 1.75. The molecule has 0 saturated heterocycles. The SMILES string of the molecule is COC(=O)c1[nH]n(-c2ccccc2)c(=O)c1C(c1c(C(=O)OC)[nH]n(-c2ccccc2)c1=O)c1c[nH]c2ccccc12. The van der Waals surface area contributed by atoms with Gasteiger partial charge in [-0.3, -0.25) is 19.8 Å². The van der Waals surface area contributed by atoms with Gasteiger partial charge in [-0.05, 0) is 35.9 Å². The van der Waals surface area contributed by atoms with Gasteiger partial charge in [0.25, 0.3) is 11.1 Å². The standard InChI is InChI=1S/C31H25N5O6/c1-41-30(39)26-24(28(37)35(33-26)18-11-5-3-6-12-18)23(21-17-32-22-16-10-9-15-20(21)22)25-27(31(40)42-2)34-36(29(25)38)19-13-7-4-8-14-19/h3-17,23,32-34H,1-2H3. The lowest BCUT2D eigenvalue weighted by molar-refractivity contribution is 0.0585. The van der Waals surface area contributed by atoms with Gasteiger partial charge in [0.05, 0.1) is 42.6 Å². The third kappa shape index (κ3) is 4.24. The average Bonchev–Trinajstić information content (AvgIpc) is 3.72. The second-order valence-corrected chi connectivity index (χ2v) is 9.46. The van der Waals surface area contributed by atoms with E-state index in [0.717, 1.165) is 5.52 Å². The first-order chi connectivity index (χ1) is 20.4. The number of nitrogens with one attached hydrogen (secondary N) is 3. The van der Waals surface area contributed by atoms with Crippen LogP contribution in [0.5, 0.6) is 0 Å². The molecule has 11 nitrogen and oxygen atoms in total. The number of fused-ring (bicyclic) bond motifs is 1. The number of aromatic amines is 3. The summed E-state index contributed by atoms with van der Waals surface area (Å²) >= 11 is 0. The maximum atomic E-state index is 14.3. The predicted molar refractivity (Wildman–Crippen MR) is 155 cm³/mol. The van der Waals surface area contributed by atoms with Gasteiger partial charge < -0.3 is 14.5 Å². The van der Waals surface area contributed by atoms with Gasteiger partial charge in [-0.2, -0.15) is 0 Å². The van der Waals surface area contributed by atoms with Crippen LogP contribution in [0.15, 0.2) is 101 Å². The van der Waals surface area contributed by atoms with Crippen molar-refractivity contribution in [1.82, 2.24) is 24.5 Å². The number of hydrogen-bond acceptors (Lipinski definition) is 6. The number of esters is 2. The van der Waals surface area contributed by atoms with Gasteiger partial charge in [-0.15, -0.1) is 0 Å². The number of benzene rings is 3.